The lowest BCUT2D eigenvalue weighted by Gasteiger charge is -2.09. The Morgan fingerprint density at radius 2 is 1.78 bits per heavy atom. The summed E-state index contributed by atoms with van der Waals surface area (Å²) < 4.78 is 5.71. The van der Waals surface area contributed by atoms with Crippen molar-refractivity contribution in [3.63, 3.8) is 0 Å². The van der Waals surface area contributed by atoms with Crippen molar-refractivity contribution in [2.75, 3.05) is 6.61 Å². The topological polar surface area (TPSA) is 9.23 Å². The molecular formula is C16H25ClO. The minimum atomic E-state index is 0.749. The molecule has 1 aromatic carbocycles. The first-order valence-electron chi connectivity index (χ1n) is 7.19. The van der Waals surface area contributed by atoms with E-state index in [1.54, 1.807) is 0 Å². The highest BCUT2D eigenvalue weighted by Gasteiger charge is 2.03. The maximum atomic E-state index is 6.22. The van der Waals surface area contributed by atoms with Crippen LogP contribution in [0.3, 0.4) is 0 Å². The van der Waals surface area contributed by atoms with Crippen LogP contribution in [0.25, 0.3) is 0 Å². The molecule has 0 radical (unpaired) electrons. The predicted octanol–water partition coefficient (Wildman–Crippen LogP) is 5.64. The first kappa shape index (κ1) is 15.4. The van der Waals surface area contributed by atoms with Gasteiger partial charge in [0, 0.05) is 0 Å². The summed E-state index contributed by atoms with van der Waals surface area (Å²) in [6.07, 6.45) is 8.43. The van der Waals surface area contributed by atoms with Crippen LogP contribution >= 0.6 is 11.6 Å². The summed E-state index contributed by atoms with van der Waals surface area (Å²) in [5.41, 5.74) is 1.31. The first-order valence-corrected chi connectivity index (χ1v) is 7.57. The van der Waals surface area contributed by atoms with Crippen LogP contribution in [0.15, 0.2) is 18.2 Å². The summed E-state index contributed by atoms with van der Waals surface area (Å²) in [5, 5.41) is 0.749. The average Bonchev–Trinajstić information content (AvgIpc) is 2.38. The molecule has 102 valence electrons. The monoisotopic (exact) mass is 268 g/mol. The lowest BCUT2D eigenvalue weighted by molar-refractivity contribution is 0.305. The second-order valence-corrected chi connectivity index (χ2v) is 5.18. The maximum absolute atomic E-state index is 6.22. The fourth-order valence-corrected chi connectivity index (χ4v) is 2.17. The van der Waals surface area contributed by atoms with Crippen LogP contribution in [0.1, 0.15) is 57.9 Å². The molecule has 0 unspecified atom stereocenters. The molecule has 1 nitrogen and oxygen atoms in total. The van der Waals surface area contributed by atoms with Gasteiger partial charge in [-0.05, 0) is 37.0 Å². The first-order chi connectivity index (χ1) is 8.77. The number of unbranched alkanes of at least 4 members (excludes halogenated alkanes) is 4. The van der Waals surface area contributed by atoms with Crippen LogP contribution in [0, 0.1) is 0 Å². The van der Waals surface area contributed by atoms with Crippen molar-refractivity contribution < 1.29 is 4.74 Å². The quantitative estimate of drug-likeness (QED) is 0.527. The molecule has 0 spiro atoms. The summed E-state index contributed by atoms with van der Waals surface area (Å²) in [7, 11) is 0. The van der Waals surface area contributed by atoms with Gasteiger partial charge in [0.25, 0.3) is 0 Å². The van der Waals surface area contributed by atoms with Gasteiger partial charge in [0.05, 0.1) is 11.6 Å². The molecule has 0 saturated heterocycles. The molecule has 0 amide bonds. The molecule has 0 fully saturated rings. The molecule has 0 heterocycles. The van der Waals surface area contributed by atoms with Crippen LogP contribution in [-0.4, -0.2) is 6.61 Å². The van der Waals surface area contributed by atoms with E-state index in [9.17, 15) is 0 Å². The van der Waals surface area contributed by atoms with Gasteiger partial charge in [-0.2, -0.15) is 0 Å². The van der Waals surface area contributed by atoms with Crippen LogP contribution < -0.4 is 4.74 Å². The van der Waals surface area contributed by atoms with E-state index in [0.29, 0.717) is 0 Å². The van der Waals surface area contributed by atoms with Gasteiger partial charge in [0.2, 0.25) is 0 Å². The molecule has 2 heteroatoms. The van der Waals surface area contributed by atoms with Gasteiger partial charge in [0.15, 0.2) is 0 Å². The minimum Gasteiger partial charge on any atom is -0.492 e. The second-order valence-electron chi connectivity index (χ2n) is 4.78. The molecule has 0 aromatic heterocycles. The zero-order valence-electron chi connectivity index (χ0n) is 11.7. The largest absolute Gasteiger partial charge is 0.492 e. The Morgan fingerprint density at radius 3 is 2.44 bits per heavy atom. The summed E-state index contributed by atoms with van der Waals surface area (Å²) in [5.74, 6) is 0.827. The highest BCUT2D eigenvalue weighted by molar-refractivity contribution is 6.32. The van der Waals surface area contributed by atoms with Crippen molar-refractivity contribution in [3.8, 4) is 5.75 Å². The van der Waals surface area contributed by atoms with E-state index in [0.717, 1.165) is 30.2 Å². The van der Waals surface area contributed by atoms with Gasteiger partial charge >= 0.3 is 0 Å². The Morgan fingerprint density at radius 1 is 1.00 bits per heavy atom. The molecule has 0 aliphatic carbocycles. The number of rotatable bonds is 9. The van der Waals surface area contributed by atoms with Crippen molar-refractivity contribution in [1.82, 2.24) is 0 Å². The summed E-state index contributed by atoms with van der Waals surface area (Å²) in [6.45, 7) is 5.19. The average molecular weight is 269 g/mol. The van der Waals surface area contributed by atoms with E-state index in [1.807, 2.05) is 12.1 Å². The van der Waals surface area contributed by atoms with Crippen LogP contribution in [0.2, 0.25) is 5.02 Å². The highest BCUT2D eigenvalue weighted by atomic mass is 35.5. The third-order valence-electron chi connectivity index (χ3n) is 3.07. The van der Waals surface area contributed by atoms with Crippen LogP contribution in [-0.2, 0) is 6.42 Å². The molecule has 0 aliphatic rings. The second kappa shape index (κ2) is 9.27. The zero-order valence-corrected chi connectivity index (χ0v) is 12.4. The Balaban J connectivity index is 2.37. The molecule has 1 rings (SSSR count). The zero-order chi connectivity index (χ0) is 13.2. The number of halogens is 1. The van der Waals surface area contributed by atoms with E-state index in [4.69, 9.17) is 16.3 Å². The summed E-state index contributed by atoms with van der Waals surface area (Å²) in [4.78, 5) is 0. The van der Waals surface area contributed by atoms with E-state index in [-0.39, 0.29) is 0 Å². The highest BCUT2D eigenvalue weighted by Crippen LogP contribution is 2.26. The van der Waals surface area contributed by atoms with E-state index < -0.39 is 0 Å². The smallest absolute Gasteiger partial charge is 0.137 e. The maximum Gasteiger partial charge on any atom is 0.137 e. The van der Waals surface area contributed by atoms with Gasteiger partial charge in [0.1, 0.15) is 5.75 Å². The summed E-state index contributed by atoms with van der Waals surface area (Å²) in [6, 6.07) is 6.18. The van der Waals surface area contributed by atoms with Gasteiger partial charge in [-0.3, -0.25) is 0 Å². The number of aryl methyl sites for hydroxylation is 1. The van der Waals surface area contributed by atoms with Gasteiger partial charge in [-0.15, -0.1) is 0 Å². The molecule has 1 aromatic rings. The van der Waals surface area contributed by atoms with Crippen LogP contribution in [0.5, 0.6) is 5.75 Å². The van der Waals surface area contributed by atoms with Crippen molar-refractivity contribution in [1.29, 1.82) is 0 Å². The third-order valence-corrected chi connectivity index (χ3v) is 3.37. The number of ether oxygens (including phenoxy) is 1. The molecule has 0 bridgehead atoms. The Bertz CT molecular complexity index is 336. The molecule has 0 aliphatic heterocycles. The number of hydrogen-bond acceptors (Lipinski definition) is 1. The van der Waals surface area contributed by atoms with E-state index in [2.05, 4.69) is 19.9 Å². The fraction of sp³-hybridized carbons (Fsp3) is 0.625. The lowest BCUT2D eigenvalue weighted by Crippen LogP contribution is -1.98. The van der Waals surface area contributed by atoms with Gasteiger partial charge in [-0.25, -0.2) is 0 Å². The lowest BCUT2D eigenvalue weighted by atomic mass is 10.1. The van der Waals surface area contributed by atoms with E-state index in [1.165, 1.54) is 37.7 Å². The molecule has 0 N–H and O–H groups in total. The number of hydrogen-bond donors (Lipinski definition) is 0. The van der Waals surface area contributed by atoms with Crippen molar-refractivity contribution in [2.24, 2.45) is 0 Å². The fourth-order valence-electron chi connectivity index (χ4n) is 1.91. The van der Waals surface area contributed by atoms with Crippen molar-refractivity contribution in [2.45, 2.75) is 58.8 Å². The number of benzene rings is 1. The SMILES string of the molecule is CCCCCCOc1ccc(CCCC)cc1Cl. The van der Waals surface area contributed by atoms with E-state index >= 15 is 0 Å². The minimum absolute atomic E-state index is 0.749. The molecule has 0 saturated carbocycles. The predicted molar refractivity (Wildman–Crippen MR) is 79.7 cm³/mol. The standard InChI is InChI=1S/C16H25ClO/c1-3-5-7-8-12-18-16-11-10-14(9-6-4-2)13-15(16)17/h10-11,13H,3-9,12H2,1-2H3. The Kier molecular flexibility index (Phi) is 7.91. The Labute approximate surface area is 116 Å². The van der Waals surface area contributed by atoms with Crippen LogP contribution in [0.4, 0.5) is 0 Å². The molecule has 0 atom stereocenters. The van der Waals surface area contributed by atoms with Crippen molar-refractivity contribution in [3.05, 3.63) is 28.8 Å². The normalized spacial score (nSPS) is 10.6. The summed E-state index contributed by atoms with van der Waals surface area (Å²) >= 11 is 6.22. The molecular weight excluding hydrogens is 244 g/mol. The third kappa shape index (κ3) is 5.77. The van der Waals surface area contributed by atoms with Crippen molar-refractivity contribution >= 4 is 11.6 Å². The Hall–Kier alpha value is -0.690. The van der Waals surface area contributed by atoms with Gasteiger partial charge in [-0.1, -0.05) is 57.2 Å². The molecule has 18 heavy (non-hydrogen) atoms. The van der Waals surface area contributed by atoms with Gasteiger partial charge < -0.3 is 4.74 Å².